The molecule has 2 amide bonds. The summed E-state index contributed by atoms with van der Waals surface area (Å²) in [6.07, 6.45) is 2.89. The third-order valence-corrected chi connectivity index (χ3v) is 4.50. The normalized spacial score (nSPS) is 10.3. The molecule has 1 aromatic carbocycles. The minimum atomic E-state index is -0.270. The van der Waals surface area contributed by atoms with E-state index >= 15 is 0 Å². The molecule has 1 aromatic heterocycles. The van der Waals surface area contributed by atoms with Crippen molar-refractivity contribution in [3.05, 3.63) is 52.2 Å². The summed E-state index contributed by atoms with van der Waals surface area (Å²) < 4.78 is 5.56. The van der Waals surface area contributed by atoms with Crippen LogP contribution < -0.4 is 15.4 Å². The molecule has 0 saturated carbocycles. The molecule has 1 heterocycles. The molecule has 0 unspecified atom stereocenters. The molecule has 2 N–H and O–H groups in total. The standard InChI is InChI=1S/C19H24N2O3S/c1-2-3-12-24-16-8-6-15(7-9-16)19(23)21-14-18(22)20-11-10-17-5-4-13-25-17/h4-9,13H,2-3,10-12,14H2,1H3,(H,20,22)(H,21,23). The number of thiophene rings is 1. The van der Waals surface area contributed by atoms with Crippen LogP contribution in [0.5, 0.6) is 5.75 Å². The summed E-state index contributed by atoms with van der Waals surface area (Å²) >= 11 is 1.67. The van der Waals surface area contributed by atoms with Crippen molar-refractivity contribution in [2.24, 2.45) is 0 Å². The maximum atomic E-state index is 12.1. The predicted molar refractivity (Wildman–Crippen MR) is 100 cm³/mol. The van der Waals surface area contributed by atoms with E-state index < -0.39 is 0 Å². The molecule has 25 heavy (non-hydrogen) atoms. The van der Waals surface area contributed by atoms with E-state index in [1.54, 1.807) is 35.6 Å². The summed E-state index contributed by atoms with van der Waals surface area (Å²) in [5, 5.41) is 7.43. The molecule has 6 heteroatoms. The van der Waals surface area contributed by atoms with Gasteiger partial charge in [0.25, 0.3) is 5.91 Å². The fourth-order valence-corrected chi connectivity index (χ4v) is 2.85. The highest BCUT2D eigenvalue weighted by molar-refractivity contribution is 7.09. The van der Waals surface area contributed by atoms with E-state index in [-0.39, 0.29) is 18.4 Å². The predicted octanol–water partition coefficient (Wildman–Crippen LogP) is 3.02. The number of benzene rings is 1. The van der Waals surface area contributed by atoms with Gasteiger partial charge in [0.05, 0.1) is 13.2 Å². The molecule has 5 nitrogen and oxygen atoms in total. The molecule has 0 radical (unpaired) electrons. The summed E-state index contributed by atoms with van der Waals surface area (Å²) in [6.45, 7) is 3.32. The molecule has 0 aliphatic carbocycles. The number of carbonyl (C=O) groups is 2. The molecule has 0 saturated heterocycles. The van der Waals surface area contributed by atoms with Crippen molar-refractivity contribution < 1.29 is 14.3 Å². The smallest absolute Gasteiger partial charge is 0.251 e. The van der Waals surface area contributed by atoms with Crippen molar-refractivity contribution in [3.8, 4) is 5.75 Å². The van der Waals surface area contributed by atoms with Crippen LogP contribution in [0.25, 0.3) is 0 Å². The number of unbranched alkanes of at least 4 members (excludes halogenated alkanes) is 1. The van der Waals surface area contributed by atoms with Gasteiger partial charge in [0.15, 0.2) is 0 Å². The van der Waals surface area contributed by atoms with Gasteiger partial charge in [0.2, 0.25) is 5.91 Å². The molecule has 0 aliphatic heterocycles. The molecular weight excluding hydrogens is 336 g/mol. The molecule has 2 aromatic rings. The van der Waals surface area contributed by atoms with Crippen molar-refractivity contribution in [3.63, 3.8) is 0 Å². The fraction of sp³-hybridized carbons (Fsp3) is 0.368. The zero-order chi connectivity index (χ0) is 17.9. The first kappa shape index (κ1) is 19.0. The summed E-state index contributed by atoms with van der Waals surface area (Å²) in [5.74, 6) is 0.286. The van der Waals surface area contributed by atoms with Crippen molar-refractivity contribution >= 4 is 23.2 Å². The number of carbonyl (C=O) groups excluding carboxylic acids is 2. The van der Waals surface area contributed by atoms with Gasteiger partial charge < -0.3 is 15.4 Å². The van der Waals surface area contributed by atoms with Crippen LogP contribution >= 0.6 is 11.3 Å². The highest BCUT2D eigenvalue weighted by Crippen LogP contribution is 2.12. The highest BCUT2D eigenvalue weighted by Gasteiger charge is 2.08. The minimum Gasteiger partial charge on any atom is -0.494 e. The second kappa shape index (κ2) is 10.5. The van der Waals surface area contributed by atoms with Crippen LogP contribution in [-0.2, 0) is 11.2 Å². The SMILES string of the molecule is CCCCOc1ccc(C(=O)NCC(=O)NCCc2cccs2)cc1. The Kier molecular flexibility index (Phi) is 7.98. The van der Waals surface area contributed by atoms with Gasteiger partial charge in [0, 0.05) is 17.0 Å². The topological polar surface area (TPSA) is 67.4 Å². The van der Waals surface area contributed by atoms with Crippen molar-refractivity contribution in [2.75, 3.05) is 19.7 Å². The minimum absolute atomic E-state index is 0.0297. The van der Waals surface area contributed by atoms with Gasteiger partial charge in [-0.3, -0.25) is 9.59 Å². The number of hydrogen-bond donors (Lipinski definition) is 2. The Labute approximate surface area is 152 Å². The van der Waals surface area contributed by atoms with Gasteiger partial charge in [-0.25, -0.2) is 0 Å². The van der Waals surface area contributed by atoms with Gasteiger partial charge in [-0.15, -0.1) is 11.3 Å². The second-order valence-corrected chi connectivity index (χ2v) is 6.62. The number of rotatable bonds is 10. The Hall–Kier alpha value is -2.34. The van der Waals surface area contributed by atoms with Crippen molar-refractivity contribution in [1.29, 1.82) is 0 Å². The van der Waals surface area contributed by atoms with E-state index in [1.165, 1.54) is 4.88 Å². The van der Waals surface area contributed by atoms with Crippen molar-refractivity contribution in [2.45, 2.75) is 26.2 Å². The summed E-state index contributed by atoms with van der Waals surface area (Å²) in [4.78, 5) is 25.0. The summed E-state index contributed by atoms with van der Waals surface area (Å²) in [5.41, 5.74) is 0.509. The van der Waals surface area contributed by atoms with E-state index in [1.807, 2.05) is 17.5 Å². The monoisotopic (exact) mass is 360 g/mol. The second-order valence-electron chi connectivity index (χ2n) is 5.59. The zero-order valence-corrected chi connectivity index (χ0v) is 15.2. The summed E-state index contributed by atoms with van der Waals surface area (Å²) in [7, 11) is 0. The number of amides is 2. The Bertz CT molecular complexity index is 654. The van der Waals surface area contributed by atoms with Crippen LogP contribution in [0.1, 0.15) is 35.0 Å². The van der Waals surface area contributed by atoms with E-state index in [4.69, 9.17) is 4.74 Å². The van der Waals surface area contributed by atoms with Gasteiger partial charge in [-0.2, -0.15) is 0 Å². The van der Waals surface area contributed by atoms with Crippen LogP contribution in [0, 0.1) is 0 Å². The fourth-order valence-electron chi connectivity index (χ4n) is 2.14. The largest absolute Gasteiger partial charge is 0.494 e. The molecule has 0 bridgehead atoms. The first-order valence-electron chi connectivity index (χ1n) is 8.49. The van der Waals surface area contributed by atoms with Crippen LogP contribution in [0.3, 0.4) is 0 Å². The van der Waals surface area contributed by atoms with Crippen molar-refractivity contribution in [1.82, 2.24) is 10.6 Å². The molecule has 0 spiro atoms. The quantitative estimate of drug-likeness (QED) is 0.640. The lowest BCUT2D eigenvalue weighted by Crippen LogP contribution is -2.37. The van der Waals surface area contributed by atoms with E-state index in [9.17, 15) is 9.59 Å². The lowest BCUT2D eigenvalue weighted by molar-refractivity contribution is -0.120. The van der Waals surface area contributed by atoms with E-state index in [2.05, 4.69) is 17.6 Å². The molecule has 0 fully saturated rings. The molecular formula is C19H24N2O3S. The first-order chi connectivity index (χ1) is 12.2. The number of hydrogen-bond acceptors (Lipinski definition) is 4. The van der Waals surface area contributed by atoms with Gasteiger partial charge in [-0.1, -0.05) is 19.4 Å². The van der Waals surface area contributed by atoms with E-state index in [0.29, 0.717) is 18.7 Å². The maximum absolute atomic E-state index is 12.1. The Balaban J connectivity index is 1.67. The van der Waals surface area contributed by atoms with Crippen LogP contribution in [-0.4, -0.2) is 31.5 Å². The van der Waals surface area contributed by atoms with Gasteiger partial charge >= 0.3 is 0 Å². The molecule has 0 aliphatic rings. The number of nitrogens with one attached hydrogen (secondary N) is 2. The summed E-state index contributed by atoms with van der Waals surface area (Å²) in [6, 6.07) is 11.0. The van der Waals surface area contributed by atoms with Gasteiger partial charge in [-0.05, 0) is 48.6 Å². The molecule has 0 atom stereocenters. The Morgan fingerprint density at radius 1 is 1.12 bits per heavy atom. The molecule has 134 valence electrons. The lowest BCUT2D eigenvalue weighted by atomic mass is 10.2. The highest BCUT2D eigenvalue weighted by atomic mass is 32.1. The van der Waals surface area contributed by atoms with E-state index in [0.717, 1.165) is 25.0 Å². The third kappa shape index (κ3) is 6.97. The third-order valence-electron chi connectivity index (χ3n) is 3.57. The zero-order valence-electron chi connectivity index (χ0n) is 14.4. The van der Waals surface area contributed by atoms with Gasteiger partial charge in [0.1, 0.15) is 5.75 Å². The average Bonchev–Trinajstić information content (AvgIpc) is 3.14. The first-order valence-corrected chi connectivity index (χ1v) is 9.37. The molecule has 2 rings (SSSR count). The van der Waals surface area contributed by atoms with Crippen LogP contribution in [0.15, 0.2) is 41.8 Å². The Morgan fingerprint density at radius 2 is 1.92 bits per heavy atom. The maximum Gasteiger partial charge on any atom is 0.251 e. The Morgan fingerprint density at radius 3 is 2.60 bits per heavy atom. The average molecular weight is 360 g/mol. The van der Waals surface area contributed by atoms with Crippen LogP contribution in [0.2, 0.25) is 0 Å². The number of ether oxygens (including phenoxy) is 1. The van der Waals surface area contributed by atoms with Crippen LogP contribution in [0.4, 0.5) is 0 Å². The lowest BCUT2D eigenvalue weighted by Gasteiger charge is -2.08.